The molecule has 36 heteroatoms. The summed E-state index contributed by atoms with van der Waals surface area (Å²) in [7, 11) is 1.46. The third-order valence-electron chi connectivity index (χ3n) is 27.4. The molecule has 5 N–H and O–H groups in total. The predicted octanol–water partition coefficient (Wildman–Crippen LogP) is 19.9. The van der Waals surface area contributed by atoms with Gasteiger partial charge in [0.15, 0.2) is 34.5 Å². The van der Waals surface area contributed by atoms with Gasteiger partial charge in [0.25, 0.3) is 28.8 Å². The number of hydrogen-bond acceptors (Lipinski definition) is 34. The molecule has 8 aromatic heterocycles. The van der Waals surface area contributed by atoms with Crippen molar-refractivity contribution in [3.63, 3.8) is 0 Å². The van der Waals surface area contributed by atoms with Crippen LogP contribution in [-0.4, -0.2) is 235 Å². The quantitative estimate of drug-likeness (QED) is 0.0261. The second-order valence-corrected chi connectivity index (χ2v) is 38.8. The summed E-state index contributed by atoms with van der Waals surface area (Å²) in [5, 5.41) is 105. The summed E-state index contributed by atoms with van der Waals surface area (Å²) in [5.41, 5.74) is 5.56. The number of rotatable bonds is 30. The number of nitriles is 1. The maximum absolute atomic E-state index is 11.2. The number of thioether (sulfide) groups is 1. The fraction of sp³-hybridized carbons (Fsp3) is 0.336. The Morgan fingerprint density at radius 3 is 1.18 bits per heavy atom. The van der Waals surface area contributed by atoms with E-state index in [0.717, 1.165) is 84.5 Å². The Bertz CT molecular complexity index is 7340. The number of aryl methyl sites for hydroxylation is 2. The van der Waals surface area contributed by atoms with Gasteiger partial charge in [0, 0.05) is 90.5 Å². The van der Waals surface area contributed by atoms with Crippen LogP contribution in [0.3, 0.4) is 0 Å². The lowest BCUT2D eigenvalue weighted by molar-refractivity contribution is -0.0373. The van der Waals surface area contributed by atoms with Crippen LogP contribution in [0.1, 0.15) is 97.2 Å². The molecule has 33 nitrogen and oxygen atoms in total. The lowest BCUT2D eigenvalue weighted by Gasteiger charge is -2.39. The number of fused-ring (bicyclic) bond motifs is 7. The van der Waals surface area contributed by atoms with Crippen molar-refractivity contribution in [2.75, 3.05) is 125 Å². The first kappa shape index (κ1) is 99.4. The van der Waals surface area contributed by atoms with Gasteiger partial charge in [0.1, 0.15) is 96.2 Å². The molecule has 5 aliphatic heterocycles. The van der Waals surface area contributed by atoms with E-state index in [0.29, 0.717) is 214 Å². The number of halogens is 2. The van der Waals surface area contributed by atoms with Gasteiger partial charge < -0.3 is 114 Å². The van der Waals surface area contributed by atoms with Gasteiger partial charge in [-0.15, -0.1) is 35.7 Å². The Morgan fingerprint density at radius 2 is 0.788 bits per heavy atom. The number of benzene rings is 10. The smallest absolute Gasteiger partial charge is 0.414 e. The Hall–Kier alpha value is -13.9. The van der Waals surface area contributed by atoms with Crippen LogP contribution in [0.25, 0.3) is 112 Å². The van der Waals surface area contributed by atoms with Crippen LogP contribution in [0.15, 0.2) is 259 Å². The minimum Gasteiger partial charge on any atom is -0.490 e. The molecule has 4 fully saturated rings. The molecule has 0 spiro atoms. The largest absolute Gasteiger partial charge is 0.490 e. The number of piperidine rings is 4. The molecule has 0 radical (unpaired) electrons. The number of ether oxygens (including phenoxy) is 7. The maximum atomic E-state index is 11.2. The number of nitrogens with zero attached hydrogens (tertiary/aromatic N) is 13. The SMILES string of the molecule is COc1nnc(-c2cc3c(OC[C@@H](O)CN4CCC(c5ccc6ccccc6c5)CC4)cccc3o2)o1.CSc1nnc(-c2cc3c(OC[C@@H](O)CN4CCC(c5ccc6ccccc6c5)CC4)cccc3o2)o1.Cc1nnc(-c2cc3c(OC[C@@H](O)CN4CCC(C#N)(c5ccc(Cl)c(Cl)c5)CC4)cccc3o2)o1.Cc1nnc(-c2cc3c(OC[C@@H](O)CN4CCC(O)(c5ccc6c(c5)OCO6)CC4)cccc3o2)o1. The van der Waals surface area contributed by atoms with Crippen molar-refractivity contribution in [2.24, 2.45) is 0 Å². The van der Waals surface area contributed by atoms with Gasteiger partial charge in [-0.05, 0) is 212 Å². The van der Waals surface area contributed by atoms with Gasteiger partial charge in [0.2, 0.25) is 18.6 Å². The number of aliphatic hydroxyl groups is 5. The van der Waals surface area contributed by atoms with Crippen LogP contribution >= 0.6 is 35.0 Å². The second kappa shape index (κ2) is 45.0. The molecule has 0 unspecified atom stereocenters. The average molecular weight is 2040 g/mol. The average Bonchev–Trinajstić information content (AvgIpc) is 1.39. The molecular formula is C110H109Cl2N13O20S. The zero-order valence-electron chi connectivity index (χ0n) is 80.8. The Kier molecular flexibility index (Phi) is 30.6. The minimum absolute atomic E-state index is 0.0661. The number of methoxy groups -OCH3 is 1. The standard InChI is InChI=1S/C29H29N3O5.C29H29N3O4S.C26H24Cl2N4O4.C26H27N3O7/c1-34-29-31-30-28(37-29)27-16-24-25(7-4-8-26(24)36-27)35-18-23(33)17-32-13-11-20(12-14-32)22-10-9-19-5-2-3-6-21(19)15-22;1-37-29-31-30-28(36-29)27-16-24-25(7-4-8-26(24)35-27)34-18-23(33)17-32-13-11-20(12-14-32)22-10-9-19-5-2-3-6-21(19)15-22;1-16-30-31-25(35-16)24-12-19-22(3-2-4-23(19)36-24)34-14-18(33)13-32-9-7-26(15-29,8-10-32)17-5-6-20(27)21(28)11-17;1-16-27-28-25(35-16)24-12-19-20(3-2-4-21(19)36-24)32-14-18(30)13-29-9-7-26(31,8-10-29)17-5-6-22-23(11-17)34-15-33-22/h2*2-10,15-16,20,23,33H,11-14,17-18H2,1H3;2-6,11-12,18,33H,7-10,13-14H2,1H3;2-6,11-12,18,30-31H,7-10,13-15H2,1H3/t2*23-;2*18-/m0000/s1. The summed E-state index contributed by atoms with van der Waals surface area (Å²) in [6.07, 6.45) is 6.13. The van der Waals surface area contributed by atoms with E-state index in [-0.39, 0.29) is 45.2 Å². The van der Waals surface area contributed by atoms with E-state index in [9.17, 15) is 30.8 Å². The van der Waals surface area contributed by atoms with E-state index in [2.05, 4.69) is 151 Å². The van der Waals surface area contributed by atoms with E-state index in [1.807, 2.05) is 109 Å². The highest BCUT2D eigenvalue weighted by molar-refractivity contribution is 7.98. The lowest BCUT2D eigenvalue weighted by Crippen LogP contribution is -2.46. The number of β-amino-alcohol motifs (C(OH)–C–C–N with tert-alkyl or cyclic N) is 4. The van der Waals surface area contributed by atoms with Crippen LogP contribution in [0.2, 0.25) is 10.0 Å². The maximum Gasteiger partial charge on any atom is 0.414 e. The highest BCUT2D eigenvalue weighted by Gasteiger charge is 2.40. The zero-order chi connectivity index (χ0) is 100. The highest BCUT2D eigenvalue weighted by atomic mass is 35.5. The normalized spacial score (nSPS) is 16.6. The summed E-state index contributed by atoms with van der Waals surface area (Å²) in [4.78, 5) is 8.95. The van der Waals surface area contributed by atoms with Gasteiger partial charge in [-0.25, -0.2) is 0 Å². The molecule has 23 rings (SSSR count). The molecule has 13 heterocycles. The Labute approximate surface area is 853 Å². The molecule has 4 atom stereocenters. The van der Waals surface area contributed by atoms with Crippen LogP contribution in [0.5, 0.6) is 40.6 Å². The van der Waals surface area contributed by atoms with Gasteiger partial charge in [-0.3, -0.25) is 0 Å². The molecule has 0 amide bonds. The zero-order valence-corrected chi connectivity index (χ0v) is 83.1. The van der Waals surface area contributed by atoms with Gasteiger partial charge in [-0.1, -0.05) is 161 Å². The first-order valence-electron chi connectivity index (χ1n) is 48.7. The van der Waals surface area contributed by atoms with Crippen LogP contribution in [0, 0.1) is 25.2 Å². The van der Waals surface area contributed by atoms with E-state index in [4.69, 9.17) is 91.7 Å². The molecule has 754 valence electrons. The van der Waals surface area contributed by atoms with Gasteiger partial charge in [0.05, 0.1) is 55.8 Å². The molecular weight excluding hydrogens is 1930 g/mol. The molecule has 10 aromatic carbocycles. The van der Waals surface area contributed by atoms with Crippen LogP contribution in [0.4, 0.5) is 0 Å². The Morgan fingerprint density at radius 1 is 0.397 bits per heavy atom. The first-order valence-corrected chi connectivity index (χ1v) is 50.7. The molecule has 146 heavy (non-hydrogen) atoms. The topological polar surface area (TPSA) is 411 Å². The Balaban J connectivity index is 0.000000118. The third-order valence-corrected chi connectivity index (χ3v) is 28.7. The number of likely N-dealkylation sites (tertiary alicyclic amines) is 4. The van der Waals surface area contributed by atoms with Crippen molar-refractivity contribution in [1.29, 1.82) is 5.26 Å². The number of aromatic nitrogens is 8. The van der Waals surface area contributed by atoms with Crippen molar-refractivity contribution >= 4 is 100 Å². The molecule has 0 aliphatic carbocycles. The third kappa shape index (κ3) is 23.3. The summed E-state index contributed by atoms with van der Waals surface area (Å²) in [5.74, 6) is 8.90. The van der Waals surface area contributed by atoms with Crippen molar-refractivity contribution in [2.45, 2.75) is 118 Å². The summed E-state index contributed by atoms with van der Waals surface area (Å²) in [6.45, 7) is 12.9. The molecule has 0 saturated carbocycles. The van der Waals surface area contributed by atoms with Crippen molar-refractivity contribution in [1.82, 2.24) is 60.4 Å². The van der Waals surface area contributed by atoms with E-state index < -0.39 is 35.4 Å². The molecule has 18 aromatic rings. The number of aliphatic hydroxyl groups excluding tert-OH is 4. The van der Waals surface area contributed by atoms with E-state index in [1.54, 1.807) is 44.2 Å². The monoisotopic (exact) mass is 2030 g/mol. The first-order chi connectivity index (χ1) is 71.1. The van der Waals surface area contributed by atoms with Crippen molar-refractivity contribution < 1.29 is 94.0 Å². The molecule has 0 bridgehead atoms. The second-order valence-electron chi connectivity index (χ2n) is 37.3. The predicted molar refractivity (Wildman–Crippen MR) is 548 cm³/mol. The fourth-order valence-electron chi connectivity index (χ4n) is 19.6. The lowest BCUT2D eigenvalue weighted by atomic mass is 9.74. The van der Waals surface area contributed by atoms with Crippen molar-refractivity contribution in [3.05, 3.63) is 262 Å². The van der Waals surface area contributed by atoms with E-state index in [1.165, 1.54) is 51.5 Å². The van der Waals surface area contributed by atoms with Crippen LogP contribution < -0.4 is 33.2 Å². The molecule has 4 saturated heterocycles. The molecule has 5 aliphatic rings. The van der Waals surface area contributed by atoms with Crippen molar-refractivity contribution in [3.8, 4) is 93.2 Å². The summed E-state index contributed by atoms with van der Waals surface area (Å²) < 4.78 is 85.0. The highest BCUT2D eigenvalue weighted by Crippen LogP contribution is 2.45. The minimum atomic E-state index is -0.926. The summed E-state index contributed by atoms with van der Waals surface area (Å²) in [6, 6.07) is 73.5. The summed E-state index contributed by atoms with van der Waals surface area (Å²) >= 11 is 13.6. The number of hydrogen-bond donors (Lipinski definition) is 5. The van der Waals surface area contributed by atoms with Gasteiger partial charge >= 0.3 is 6.08 Å². The number of furan rings is 4. The fourth-order valence-corrected chi connectivity index (χ4v) is 20.1. The van der Waals surface area contributed by atoms with E-state index >= 15 is 0 Å². The van der Waals surface area contributed by atoms with Crippen LogP contribution in [-0.2, 0) is 11.0 Å². The van der Waals surface area contributed by atoms with Gasteiger partial charge in [-0.2, -0.15) is 5.26 Å².